The minimum absolute atomic E-state index is 0.0886. The predicted molar refractivity (Wildman–Crippen MR) is 47.0 cm³/mol. The molecule has 0 spiro atoms. The summed E-state index contributed by atoms with van der Waals surface area (Å²) in [6.07, 6.45) is 3.03. The van der Waals surface area contributed by atoms with Crippen molar-refractivity contribution in [2.24, 2.45) is 0 Å². The highest BCUT2D eigenvalue weighted by atomic mass is 32.2. The van der Waals surface area contributed by atoms with Gasteiger partial charge >= 0.3 is 0 Å². The van der Waals surface area contributed by atoms with Crippen LogP contribution in [0, 0.1) is 13.2 Å². The van der Waals surface area contributed by atoms with Crippen molar-refractivity contribution < 1.29 is 8.42 Å². The lowest BCUT2D eigenvalue weighted by Crippen LogP contribution is -2.00. The van der Waals surface area contributed by atoms with E-state index in [-0.39, 0.29) is 5.75 Å². The van der Waals surface area contributed by atoms with Crippen molar-refractivity contribution in [2.45, 2.75) is 12.7 Å². The first-order valence-corrected chi connectivity index (χ1v) is 5.28. The lowest BCUT2D eigenvalue weighted by molar-refractivity contribution is 0.603. The van der Waals surface area contributed by atoms with Gasteiger partial charge in [0.1, 0.15) is 0 Å². The van der Waals surface area contributed by atoms with Crippen LogP contribution in [0.2, 0.25) is 0 Å². The molecule has 0 aromatic carbocycles. The van der Waals surface area contributed by atoms with Gasteiger partial charge in [0.15, 0.2) is 9.84 Å². The number of aryl methyl sites for hydroxylation is 1. The highest BCUT2D eigenvalue weighted by molar-refractivity contribution is 7.91. The third kappa shape index (κ3) is 3.00. The van der Waals surface area contributed by atoms with E-state index in [1.54, 1.807) is 12.1 Å². The Kier molecular flexibility index (Phi) is 2.47. The summed E-state index contributed by atoms with van der Waals surface area (Å²) in [7, 11) is -3.21. The zero-order chi connectivity index (χ0) is 9.19. The van der Waals surface area contributed by atoms with Crippen molar-refractivity contribution in [1.82, 2.24) is 4.98 Å². The normalized spacial score (nSPS) is 11.5. The molecule has 0 bridgehead atoms. The van der Waals surface area contributed by atoms with Crippen LogP contribution in [-0.2, 0) is 15.6 Å². The van der Waals surface area contributed by atoms with E-state index >= 15 is 0 Å². The third-order valence-electron chi connectivity index (χ3n) is 1.31. The van der Waals surface area contributed by atoms with Gasteiger partial charge in [0, 0.05) is 5.69 Å². The van der Waals surface area contributed by atoms with Crippen molar-refractivity contribution in [3.8, 4) is 0 Å². The molecule has 1 aromatic heterocycles. The van der Waals surface area contributed by atoms with Crippen molar-refractivity contribution in [3.63, 3.8) is 0 Å². The Labute approximate surface area is 72.4 Å². The van der Waals surface area contributed by atoms with Crippen LogP contribution in [0.5, 0.6) is 0 Å². The van der Waals surface area contributed by atoms with Gasteiger partial charge in [-0.2, -0.15) is 0 Å². The van der Waals surface area contributed by atoms with Crippen LogP contribution < -0.4 is 0 Å². The van der Waals surface area contributed by atoms with Crippen LogP contribution in [0.25, 0.3) is 0 Å². The van der Waals surface area contributed by atoms with Gasteiger partial charge in [-0.05, 0) is 19.1 Å². The Bertz CT molecular complexity index is 370. The molecule has 1 heterocycles. The Morgan fingerprint density at radius 1 is 1.50 bits per heavy atom. The molecule has 4 heteroatoms. The van der Waals surface area contributed by atoms with E-state index in [0.29, 0.717) is 5.69 Å². The standard InChI is InChI=1S/C8H10NO2S/c1-7-4-3-5-8(9-7)6-12(2,10)11/h3-5H,2,6H2,1H3. The highest BCUT2D eigenvalue weighted by Gasteiger charge is 2.04. The lowest BCUT2D eigenvalue weighted by atomic mass is 10.3. The number of hydrogen-bond acceptors (Lipinski definition) is 3. The van der Waals surface area contributed by atoms with Crippen LogP contribution >= 0.6 is 0 Å². The maximum absolute atomic E-state index is 10.8. The first kappa shape index (κ1) is 9.19. The van der Waals surface area contributed by atoms with E-state index < -0.39 is 9.84 Å². The van der Waals surface area contributed by atoms with Crippen molar-refractivity contribution in [3.05, 3.63) is 35.8 Å². The molecule has 0 saturated heterocycles. The van der Waals surface area contributed by atoms with Crippen molar-refractivity contribution in [2.75, 3.05) is 0 Å². The summed E-state index contributed by atoms with van der Waals surface area (Å²) >= 11 is 0. The molecule has 0 N–H and O–H groups in total. The Morgan fingerprint density at radius 3 is 2.67 bits per heavy atom. The van der Waals surface area contributed by atoms with Gasteiger partial charge in [-0.3, -0.25) is 4.98 Å². The summed E-state index contributed by atoms with van der Waals surface area (Å²) in [5.41, 5.74) is 1.36. The van der Waals surface area contributed by atoms with Crippen LogP contribution in [0.1, 0.15) is 11.4 Å². The largest absolute Gasteiger partial charge is 0.257 e. The van der Waals surface area contributed by atoms with E-state index in [0.717, 1.165) is 5.69 Å². The number of hydrogen-bond donors (Lipinski definition) is 0. The van der Waals surface area contributed by atoms with Gasteiger partial charge in [-0.1, -0.05) is 6.07 Å². The molecule has 0 amide bonds. The lowest BCUT2D eigenvalue weighted by Gasteiger charge is -1.98. The van der Waals surface area contributed by atoms with E-state index in [9.17, 15) is 8.42 Å². The first-order valence-electron chi connectivity index (χ1n) is 3.46. The third-order valence-corrected chi connectivity index (χ3v) is 2.05. The quantitative estimate of drug-likeness (QED) is 0.691. The molecule has 3 nitrogen and oxygen atoms in total. The van der Waals surface area contributed by atoms with Gasteiger partial charge in [-0.15, -0.1) is 0 Å². The van der Waals surface area contributed by atoms with Gasteiger partial charge in [-0.25, -0.2) is 8.42 Å². The van der Waals surface area contributed by atoms with Crippen LogP contribution in [-0.4, -0.2) is 13.4 Å². The average Bonchev–Trinajstić information content (AvgIpc) is 1.82. The molecule has 0 saturated carbocycles. The van der Waals surface area contributed by atoms with Gasteiger partial charge in [0.2, 0.25) is 0 Å². The smallest absolute Gasteiger partial charge is 0.156 e. The Morgan fingerprint density at radius 2 is 2.17 bits per heavy atom. The molecule has 12 heavy (non-hydrogen) atoms. The average molecular weight is 184 g/mol. The van der Waals surface area contributed by atoms with E-state index in [2.05, 4.69) is 11.2 Å². The fourth-order valence-electron chi connectivity index (χ4n) is 0.905. The minimum Gasteiger partial charge on any atom is -0.257 e. The molecular formula is C8H10NO2S. The molecule has 65 valence electrons. The molecule has 0 aliphatic heterocycles. The second kappa shape index (κ2) is 3.23. The first-order chi connectivity index (χ1) is 5.47. The summed E-state index contributed by atoms with van der Waals surface area (Å²) in [6, 6.07) is 5.28. The number of aromatic nitrogens is 1. The zero-order valence-electron chi connectivity index (χ0n) is 6.82. The van der Waals surface area contributed by atoms with Gasteiger partial charge in [0.25, 0.3) is 0 Å². The zero-order valence-corrected chi connectivity index (χ0v) is 7.63. The van der Waals surface area contributed by atoms with E-state index in [1.165, 1.54) is 0 Å². The van der Waals surface area contributed by atoms with Gasteiger partial charge in [0.05, 0.1) is 17.7 Å². The molecule has 0 unspecified atom stereocenters. The molecule has 0 fully saturated rings. The molecule has 0 aliphatic rings. The number of nitrogens with zero attached hydrogens (tertiary/aromatic N) is 1. The maximum Gasteiger partial charge on any atom is 0.156 e. The molecule has 1 rings (SSSR count). The van der Waals surface area contributed by atoms with Crippen LogP contribution in [0.4, 0.5) is 0 Å². The number of pyridine rings is 1. The van der Waals surface area contributed by atoms with Gasteiger partial charge < -0.3 is 0 Å². The molecule has 0 aliphatic carbocycles. The summed E-state index contributed by atoms with van der Waals surface area (Å²) in [4.78, 5) is 4.04. The number of sulfone groups is 1. The van der Waals surface area contributed by atoms with Crippen molar-refractivity contribution >= 4 is 9.84 Å². The second-order valence-corrected chi connectivity index (χ2v) is 4.43. The van der Waals surface area contributed by atoms with E-state index in [4.69, 9.17) is 0 Å². The maximum atomic E-state index is 10.8. The summed E-state index contributed by atoms with van der Waals surface area (Å²) in [5.74, 6) is -0.0886. The fraction of sp³-hybridized carbons (Fsp3) is 0.250. The minimum atomic E-state index is -3.21. The molecule has 0 atom stereocenters. The second-order valence-electron chi connectivity index (χ2n) is 2.66. The monoisotopic (exact) mass is 184 g/mol. The van der Waals surface area contributed by atoms with Crippen LogP contribution in [0.3, 0.4) is 0 Å². The fourth-order valence-corrected chi connectivity index (χ4v) is 1.52. The topological polar surface area (TPSA) is 47.0 Å². The molecular weight excluding hydrogens is 174 g/mol. The number of rotatable bonds is 2. The van der Waals surface area contributed by atoms with Crippen molar-refractivity contribution in [1.29, 1.82) is 0 Å². The summed E-state index contributed by atoms with van der Waals surface area (Å²) < 4.78 is 21.5. The van der Waals surface area contributed by atoms with E-state index in [1.807, 2.05) is 13.0 Å². The Hall–Kier alpha value is -0.900. The predicted octanol–water partition coefficient (Wildman–Crippen LogP) is 1.10. The SMILES string of the molecule is [CH2]S(=O)(=O)Cc1cccc(C)n1. The summed E-state index contributed by atoms with van der Waals surface area (Å²) in [5, 5.41) is 0. The van der Waals surface area contributed by atoms with Crippen LogP contribution in [0.15, 0.2) is 18.2 Å². The summed E-state index contributed by atoms with van der Waals surface area (Å²) in [6.45, 7) is 1.82. The Balaban J connectivity index is 2.91. The highest BCUT2D eigenvalue weighted by Crippen LogP contribution is 2.03. The molecule has 1 aromatic rings. The molecule has 1 radical (unpaired) electrons.